The van der Waals surface area contributed by atoms with Crippen molar-refractivity contribution in [3.63, 3.8) is 0 Å². The van der Waals surface area contributed by atoms with Gasteiger partial charge in [-0.3, -0.25) is 0 Å². The molecule has 6 nitrogen and oxygen atoms in total. The maximum absolute atomic E-state index is 11.4. The zero-order valence-electron chi connectivity index (χ0n) is 13.8. The minimum absolute atomic E-state index is 0.169. The molecule has 2 aliphatic rings. The summed E-state index contributed by atoms with van der Waals surface area (Å²) >= 11 is 0. The summed E-state index contributed by atoms with van der Waals surface area (Å²) in [7, 11) is 0. The molecule has 0 bridgehead atoms. The van der Waals surface area contributed by atoms with Gasteiger partial charge in [0.05, 0.1) is 6.54 Å². The average Bonchev–Trinajstić information content (AvgIpc) is 3.21. The lowest BCUT2D eigenvalue weighted by Gasteiger charge is -2.31. The van der Waals surface area contributed by atoms with Gasteiger partial charge in [0, 0.05) is 19.0 Å². The molecule has 0 unspecified atom stereocenters. The lowest BCUT2D eigenvalue weighted by Crippen LogP contribution is -2.37. The summed E-state index contributed by atoms with van der Waals surface area (Å²) < 4.78 is 10.9. The van der Waals surface area contributed by atoms with Crippen LogP contribution in [0.1, 0.15) is 31.1 Å². The van der Waals surface area contributed by atoms with Crippen LogP contribution in [0, 0.1) is 0 Å². The van der Waals surface area contributed by atoms with E-state index < -0.39 is 0 Å². The third-order valence-corrected chi connectivity index (χ3v) is 4.91. The van der Waals surface area contributed by atoms with Gasteiger partial charge in [-0.05, 0) is 44.5 Å². The summed E-state index contributed by atoms with van der Waals surface area (Å²) in [5, 5.41) is 0. The van der Waals surface area contributed by atoms with Crippen molar-refractivity contribution in [3.05, 3.63) is 30.2 Å². The monoisotopic (exact) mass is 329 g/mol. The van der Waals surface area contributed by atoms with Gasteiger partial charge in [-0.15, -0.1) is 0 Å². The quantitative estimate of drug-likeness (QED) is 0.844. The Morgan fingerprint density at radius 1 is 1.21 bits per heavy atom. The lowest BCUT2D eigenvalue weighted by atomic mass is 9.98. The van der Waals surface area contributed by atoms with E-state index in [-0.39, 0.29) is 6.09 Å². The number of hydrogen-bond acceptors (Lipinski definition) is 5. The van der Waals surface area contributed by atoms with Gasteiger partial charge in [-0.1, -0.05) is 12.1 Å². The van der Waals surface area contributed by atoms with Crippen LogP contribution < -0.4 is 0 Å². The maximum Gasteiger partial charge on any atom is 0.409 e. The summed E-state index contributed by atoms with van der Waals surface area (Å²) in [6.07, 6.45) is 3.10. The Morgan fingerprint density at radius 3 is 2.96 bits per heavy atom. The maximum atomic E-state index is 11.4. The molecule has 1 aromatic heterocycles. The molecule has 0 aliphatic carbocycles. The van der Waals surface area contributed by atoms with Gasteiger partial charge in [-0.25, -0.2) is 9.78 Å². The van der Waals surface area contributed by atoms with Crippen molar-refractivity contribution in [3.8, 4) is 0 Å². The second-order valence-electron chi connectivity index (χ2n) is 6.61. The number of nitrogens with zero attached hydrogens (tertiary/aromatic N) is 3. The molecule has 4 rings (SSSR count). The number of fused-ring (bicyclic) bond motifs is 1. The Balaban J connectivity index is 1.32. The van der Waals surface area contributed by atoms with Crippen molar-refractivity contribution < 1.29 is 13.9 Å². The molecule has 128 valence electrons. The Bertz CT molecular complexity index is 681. The van der Waals surface area contributed by atoms with Crippen LogP contribution in [0.5, 0.6) is 0 Å². The van der Waals surface area contributed by atoms with E-state index in [1.54, 1.807) is 4.90 Å². The van der Waals surface area contributed by atoms with Crippen LogP contribution in [0.4, 0.5) is 4.79 Å². The van der Waals surface area contributed by atoms with Crippen LogP contribution in [0.2, 0.25) is 0 Å². The van der Waals surface area contributed by atoms with Gasteiger partial charge >= 0.3 is 6.09 Å². The minimum Gasteiger partial charge on any atom is -0.448 e. The van der Waals surface area contributed by atoms with Gasteiger partial charge in [0.15, 0.2) is 11.5 Å². The van der Waals surface area contributed by atoms with Gasteiger partial charge < -0.3 is 19.0 Å². The first kappa shape index (κ1) is 15.4. The fourth-order valence-corrected chi connectivity index (χ4v) is 3.64. The number of carbonyl (C=O) groups excluding carboxylic acids is 1. The van der Waals surface area contributed by atoms with E-state index in [9.17, 15) is 4.79 Å². The Morgan fingerprint density at radius 2 is 2.12 bits per heavy atom. The number of rotatable bonds is 5. The first-order chi connectivity index (χ1) is 11.8. The Hall–Kier alpha value is -2.08. The molecule has 6 heteroatoms. The summed E-state index contributed by atoms with van der Waals surface area (Å²) in [5.41, 5.74) is 1.81. The third-order valence-electron chi connectivity index (χ3n) is 4.91. The average molecular weight is 329 g/mol. The van der Waals surface area contributed by atoms with Crippen LogP contribution in [0.15, 0.2) is 28.7 Å². The first-order valence-electron chi connectivity index (χ1n) is 8.79. The zero-order chi connectivity index (χ0) is 16.4. The molecule has 2 fully saturated rings. The number of oxazole rings is 1. The van der Waals surface area contributed by atoms with E-state index in [1.165, 1.54) is 0 Å². The van der Waals surface area contributed by atoms with Crippen molar-refractivity contribution in [2.45, 2.75) is 25.2 Å². The van der Waals surface area contributed by atoms with Gasteiger partial charge in [-0.2, -0.15) is 0 Å². The third kappa shape index (κ3) is 3.24. The molecule has 1 atom stereocenters. The summed E-state index contributed by atoms with van der Waals surface area (Å²) in [4.78, 5) is 20.4. The highest BCUT2D eigenvalue weighted by molar-refractivity contribution is 5.72. The minimum atomic E-state index is -0.169. The highest BCUT2D eigenvalue weighted by atomic mass is 16.6. The number of amides is 1. The molecule has 0 N–H and O–H groups in total. The van der Waals surface area contributed by atoms with Crippen molar-refractivity contribution in [1.29, 1.82) is 0 Å². The molecule has 3 heterocycles. The SMILES string of the molecule is O=C1OCCN1CCCN1CCC[C@H](c2nc3ccccc3o2)C1. The van der Waals surface area contributed by atoms with E-state index in [1.807, 2.05) is 24.3 Å². The molecule has 1 aromatic carbocycles. The van der Waals surface area contributed by atoms with E-state index in [0.717, 1.165) is 69.0 Å². The molecule has 2 aliphatic heterocycles. The second-order valence-corrected chi connectivity index (χ2v) is 6.61. The van der Waals surface area contributed by atoms with Crippen LogP contribution in [0.3, 0.4) is 0 Å². The highest BCUT2D eigenvalue weighted by Crippen LogP contribution is 2.29. The van der Waals surface area contributed by atoms with Gasteiger partial charge in [0.1, 0.15) is 12.1 Å². The predicted octanol–water partition coefficient (Wildman–Crippen LogP) is 2.85. The number of ether oxygens (including phenoxy) is 1. The fraction of sp³-hybridized carbons (Fsp3) is 0.556. The van der Waals surface area contributed by atoms with Gasteiger partial charge in [0.25, 0.3) is 0 Å². The van der Waals surface area contributed by atoms with E-state index in [2.05, 4.69) is 9.88 Å². The molecule has 2 aromatic rings. The molecule has 0 radical (unpaired) electrons. The number of cyclic esters (lactones) is 1. The van der Waals surface area contributed by atoms with E-state index >= 15 is 0 Å². The molecule has 0 saturated carbocycles. The van der Waals surface area contributed by atoms with Crippen molar-refractivity contribution in [2.75, 3.05) is 39.3 Å². The summed E-state index contributed by atoms with van der Waals surface area (Å²) in [6.45, 7) is 5.13. The van der Waals surface area contributed by atoms with E-state index in [0.29, 0.717) is 12.5 Å². The number of hydrogen-bond donors (Lipinski definition) is 0. The zero-order valence-corrected chi connectivity index (χ0v) is 13.8. The number of para-hydroxylation sites is 2. The fourth-order valence-electron chi connectivity index (χ4n) is 3.64. The number of piperidine rings is 1. The van der Waals surface area contributed by atoms with Crippen LogP contribution in [-0.4, -0.2) is 60.2 Å². The van der Waals surface area contributed by atoms with Crippen LogP contribution >= 0.6 is 0 Å². The number of likely N-dealkylation sites (tertiary alicyclic amines) is 1. The van der Waals surface area contributed by atoms with Crippen molar-refractivity contribution in [1.82, 2.24) is 14.8 Å². The van der Waals surface area contributed by atoms with Crippen LogP contribution in [-0.2, 0) is 4.74 Å². The smallest absolute Gasteiger partial charge is 0.409 e. The summed E-state index contributed by atoms with van der Waals surface area (Å²) in [6, 6.07) is 7.94. The molecule has 1 amide bonds. The molecule has 0 spiro atoms. The first-order valence-corrected chi connectivity index (χ1v) is 8.79. The van der Waals surface area contributed by atoms with Crippen molar-refractivity contribution in [2.24, 2.45) is 0 Å². The van der Waals surface area contributed by atoms with E-state index in [4.69, 9.17) is 9.15 Å². The topological polar surface area (TPSA) is 58.8 Å². The van der Waals surface area contributed by atoms with Crippen molar-refractivity contribution >= 4 is 17.2 Å². The summed E-state index contributed by atoms with van der Waals surface area (Å²) in [5.74, 6) is 1.23. The normalized spacial score (nSPS) is 22.2. The lowest BCUT2D eigenvalue weighted by molar-refractivity contribution is 0.153. The number of aromatic nitrogens is 1. The standard InChI is InChI=1S/C18H23N3O3/c22-18-21(11-12-23-18)10-4-9-20-8-3-5-14(13-20)17-19-15-6-1-2-7-16(15)24-17/h1-2,6-7,14H,3-5,8-13H2/t14-/m0/s1. The Labute approximate surface area is 141 Å². The number of carbonyl (C=O) groups is 1. The Kier molecular flexibility index (Phi) is 4.38. The molecular formula is C18H23N3O3. The second kappa shape index (κ2) is 6.81. The highest BCUT2D eigenvalue weighted by Gasteiger charge is 2.26. The van der Waals surface area contributed by atoms with Crippen LogP contribution in [0.25, 0.3) is 11.1 Å². The molecule has 2 saturated heterocycles. The number of benzene rings is 1. The van der Waals surface area contributed by atoms with Gasteiger partial charge in [0.2, 0.25) is 0 Å². The predicted molar refractivity (Wildman–Crippen MR) is 90.0 cm³/mol. The molecular weight excluding hydrogens is 306 g/mol. The molecule has 24 heavy (non-hydrogen) atoms. The largest absolute Gasteiger partial charge is 0.448 e.